The number of carbonyl (C=O) groups excluding carboxylic acids is 1. The highest BCUT2D eigenvalue weighted by molar-refractivity contribution is 5.77. The van der Waals surface area contributed by atoms with Crippen LogP contribution in [-0.4, -0.2) is 61.5 Å². The van der Waals surface area contributed by atoms with E-state index in [1.165, 1.54) is 39.8 Å². The fourth-order valence-corrected chi connectivity index (χ4v) is 3.81. The maximum absolute atomic E-state index is 13.2. The Morgan fingerprint density at radius 3 is 2.38 bits per heavy atom. The molecule has 32 heavy (non-hydrogen) atoms. The van der Waals surface area contributed by atoms with Gasteiger partial charge in [0.15, 0.2) is 11.2 Å². The first-order valence-corrected chi connectivity index (χ1v) is 10.2. The highest BCUT2D eigenvalue weighted by atomic mass is 19.1. The summed E-state index contributed by atoms with van der Waals surface area (Å²) in [5.41, 5.74) is 1.53. The molecule has 10 heteroatoms. The third-order valence-corrected chi connectivity index (χ3v) is 5.56. The predicted molar refractivity (Wildman–Crippen MR) is 116 cm³/mol. The van der Waals surface area contributed by atoms with Crippen molar-refractivity contribution in [3.8, 4) is 5.69 Å². The van der Waals surface area contributed by atoms with Crippen molar-refractivity contribution in [1.29, 1.82) is 0 Å². The van der Waals surface area contributed by atoms with Gasteiger partial charge in [-0.25, -0.2) is 9.37 Å². The zero-order valence-corrected chi connectivity index (χ0v) is 17.1. The van der Waals surface area contributed by atoms with Crippen LogP contribution in [-0.2, 0) is 11.3 Å². The molecule has 0 spiro atoms. The van der Waals surface area contributed by atoms with Gasteiger partial charge in [-0.15, -0.1) is 5.10 Å². The summed E-state index contributed by atoms with van der Waals surface area (Å²) in [6.07, 6.45) is 1.33. The number of fused-ring (bicyclic) bond motifs is 1. The van der Waals surface area contributed by atoms with Crippen LogP contribution in [0.1, 0.15) is 0 Å². The van der Waals surface area contributed by atoms with Crippen molar-refractivity contribution in [2.24, 2.45) is 0 Å². The van der Waals surface area contributed by atoms with E-state index in [2.05, 4.69) is 32.3 Å². The first-order chi connectivity index (χ1) is 15.6. The fourth-order valence-electron chi connectivity index (χ4n) is 3.81. The van der Waals surface area contributed by atoms with E-state index in [4.69, 9.17) is 0 Å². The maximum Gasteiger partial charge on any atom is 0.284 e. The Bertz CT molecular complexity index is 1310. The van der Waals surface area contributed by atoms with Gasteiger partial charge in [0.2, 0.25) is 5.91 Å². The molecular weight excluding hydrogens is 413 g/mol. The molecule has 3 heterocycles. The van der Waals surface area contributed by atoms with Crippen LogP contribution in [0.2, 0.25) is 0 Å². The van der Waals surface area contributed by atoms with Crippen molar-refractivity contribution in [2.45, 2.75) is 6.54 Å². The van der Waals surface area contributed by atoms with E-state index in [0.29, 0.717) is 18.8 Å². The van der Waals surface area contributed by atoms with Gasteiger partial charge in [-0.3, -0.25) is 14.2 Å². The molecule has 0 atom stereocenters. The average molecular weight is 433 g/mol. The molecule has 1 saturated heterocycles. The number of rotatable bonds is 4. The van der Waals surface area contributed by atoms with Crippen LogP contribution in [0.25, 0.3) is 16.9 Å². The summed E-state index contributed by atoms with van der Waals surface area (Å²) in [7, 11) is 0. The van der Waals surface area contributed by atoms with Crippen LogP contribution in [0.15, 0.2) is 65.7 Å². The van der Waals surface area contributed by atoms with Gasteiger partial charge in [0.05, 0.1) is 5.69 Å². The standard InChI is InChI=1S/C22H20FN7O2/c23-16-6-8-18(9-7-16)30-21-20(25-26-30)22(32)29(15-24-21)14-19(31)28-12-10-27(11-13-28)17-4-2-1-3-5-17/h1-9,15H,10-14H2. The third-order valence-electron chi connectivity index (χ3n) is 5.56. The number of carbonyl (C=O) groups is 1. The van der Waals surface area contributed by atoms with Gasteiger partial charge in [-0.2, -0.15) is 4.68 Å². The molecule has 162 valence electrons. The molecule has 1 amide bonds. The highest BCUT2D eigenvalue weighted by Gasteiger charge is 2.22. The summed E-state index contributed by atoms with van der Waals surface area (Å²) in [4.78, 5) is 33.9. The van der Waals surface area contributed by atoms with Gasteiger partial charge in [0.25, 0.3) is 5.56 Å². The average Bonchev–Trinajstić information content (AvgIpc) is 3.27. The zero-order valence-electron chi connectivity index (χ0n) is 17.1. The van der Waals surface area contributed by atoms with E-state index < -0.39 is 5.56 Å². The third kappa shape index (κ3) is 3.70. The van der Waals surface area contributed by atoms with E-state index in [1.54, 1.807) is 4.90 Å². The number of para-hydroxylation sites is 1. The Balaban J connectivity index is 1.30. The number of piperazine rings is 1. The van der Waals surface area contributed by atoms with Crippen LogP contribution in [0.4, 0.5) is 10.1 Å². The van der Waals surface area contributed by atoms with Gasteiger partial charge in [0, 0.05) is 31.9 Å². The lowest BCUT2D eigenvalue weighted by Crippen LogP contribution is -2.50. The molecule has 0 N–H and O–H groups in total. The summed E-state index contributed by atoms with van der Waals surface area (Å²) in [5.74, 6) is -0.525. The molecule has 2 aromatic heterocycles. The molecule has 0 radical (unpaired) electrons. The number of nitrogens with zero attached hydrogens (tertiary/aromatic N) is 7. The lowest BCUT2D eigenvalue weighted by Gasteiger charge is -2.36. The van der Waals surface area contributed by atoms with Crippen molar-refractivity contribution in [3.05, 3.63) is 77.1 Å². The molecule has 0 unspecified atom stereocenters. The van der Waals surface area contributed by atoms with E-state index in [1.807, 2.05) is 18.2 Å². The van der Waals surface area contributed by atoms with Crippen molar-refractivity contribution in [1.82, 2.24) is 29.4 Å². The molecule has 5 rings (SSSR count). The first kappa shape index (κ1) is 19.9. The van der Waals surface area contributed by atoms with E-state index >= 15 is 0 Å². The molecule has 2 aromatic carbocycles. The van der Waals surface area contributed by atoms with Gasteiger partial charge in [-0.1, -0.05) is 23.4 Å². The molecule has 0 saturated carbocycles. The Morgan fingerprint density at radius 1 is 0.938 bits per heavy atom. The minimum absolute atomic E-state index is 0.0542. The molecule has 9 nitrogen and oxygen atoms in total. The minimum Gasteiger partial charge on any atom is -0.368 e. The fraction of sp³-hybridized carbons (Fsp3) is 0.227. The van der Waals surface area contributed by atoms with Crippen LogP contribution in [0.5, 0.6) is 0 Å². The van der Waals surface area contributed by atoms with Gasteiger partial charge < -0.3 is 9.80 Å². The monoisotopic (exact) mass is 433 g/mol. The van der Waals surface area contributed by atoms with Crippen LogP contribution >= 0.6 is 0 Å². The van der Waals surface area contributed by atoms with Crippen molar-refractivity contribution in [3.63, 3.8) is 0 Å². The van der Waals surface area contributed by atoms with E-state index in [0.717, 1.165) is 18.8 Å². The highest BCUT2D eigenvalue weighted by Crippen LogP contribution is 2.16. The topological polar surface area (TPSA) is 89.1 Å². The largest absolute Gasteiger partial charge is 0.368 e. The second-order valence-electron chi connectivity index (χ2n) is 7.53. The van der Waals surface area contributed by atoms with Crippen molar-refractivity contribution >= 4 is 22.8 Å². The first-order valence-electron chi connectivity index (χ1n) is 10.2. The number of aromatic nitrogens is 5. The molecule has 4 aromatic rings. The number of amides is 1. The number of hydrogen-bond donors (Lipinski definition) is 0. The number of halogens is 1. The number of benzene rings is 2. The van der Waals surface area contributed by atoms with Crippen molar-refractivity contribution < 1.29 is 9.18 Å². The lowest BCUT2D eigenvalue weighted by molar-refractivity contribution is -0.132. The van der Waals surface area contributed by atoms with Gasteiger partial charge in [0.1, 0.15) is 18.7 Å². The second-order valence-corrected chi connectivity index (χ2v) is 7.53. The number of hydrogen-bond acceptors (Lipinski definition) is 6. The smallest absolute Gasteiger partial charge is 0.284 e. The van der Waals surface area contributed by atoms with Crippen LogP contribution in [0.3, 0.4) is 0 Å². The summed E-state index contributed by atoms with van der Waals surface area (Å²) in [6.45, 7) is 2.51. The van der Waals surface area contributed by atoms with E-state index in [-0.39, 0.29) is 29.4 Å². The Labute approximate surface area is 182 Å². The number of anilines is 1. The summed E-state index contributed by atoms with van der Waals surface area (Å²) in [6, 6.07) is 15.7. The Hall–Kier alpha value is -4.08. The summed E-state index contributed by atoms with van der Waals surface area (Å²) in [5, 5.41) is 7.90. The Morgan fingerprint density at radius 2 is 1.66 bits per heavy atom. The second kappa shape index (κ2) is 8.22. The lowest BCUT2D eigenvalue weighted by atomic mass is 10.2. The van der Waals surface area contributed by atoms with Crippen LogP contribution < -0.4 is 10.5 Å². The molecule has 0 bridgehead atoms. The molecule has 1 aliphatic rings. The quantitative estimate of drug-likeness (QED) is 0.484. The van der Waals surface area contributed by atoms with Gasteiger partial charge >= 0.3 is 0 Å². The predicted octanol–water partition coefficient (Wildman–Crippen LogP) is 1.47. The molecule has 1 fully saturated rings. The summed E-state index contributed by atoms with van der Waals surface area (Å²) >= 11 is 0. The molecule has 0 aliphatic carbocycles. The molecule has 1 aliphatic heterocycles. The van der Waals surface area contributed by atoms with E-state index in [9.17, 15) is 14.0 Å². The van der Waals surface area contributed by atoms with Crippen LogP contribution in [0, 0.1) is 5.82 Å². The SMILES string of the molecule is O=C(Cn1cnc2c(nnn2-c2ccc(F)cc2)c1=O)N1CCN(c2ccccc2)CC1. The van der Waals surface area contributed by atoms with Gasteiger partial charge in [-0.05, 0) is 36.4 Å². The Kier molecular flexibility index (Phi) is 5.10. The minimum atomic E-state index is -0.445. The normalized spacial score (nSPS) is 14.2. The molecular formula is C22H20FN7O2. The zero-order chi connectivity index (χ0) is 22.1. The maximum atomic E-state index is 13.2. The van der Waals surface area contributed by atoms with Crippen molar-refractivity contribution in [2.75, 3.05) is 31.1 Å². The summed E-state index contributed by atoms with van der Waals surface area (Å²) < 4.78 is 15.8.